The molecule has 3 rings (SSSR count). The van der Waals surface area contributed by atoms with Crippen molar-refractivity contribution in [3.8, 4) is 0 Å². The Hall–Kier alpha value is -2.04. The van der Waals surface area contributed by atoms with Gasteiger partial charge in [0.1, 0.15) is 5.60 Å². The minimum absolute atomic E-state index is 0.0467. The number of aryl methyl sites for hydroxylation is 1. The summed E-state index contributed by atoms with van der Waals surface area (Å²) >= 11 is 0. The van der Waals surface area contributed by atoms with Gasteiger partial charge in [-0.1, -0.05) is 18.2 Å². The number of anilines is 1. The van der Waals surface area contributed by atoms with Crippen LogP contribution in [-0.2, 0) is 9.53 Å². The van der Waals surface area contributed by atoms with Crippen molar-refractivity contribution in [1.82, 2.24) is 4.90 Å². The van der Waals surface area contributed by atoms with Gasteiger partial charge >= 0.3 is 6.09 Å². The third-order valence-electron chi connectivity index (χ3n) is 4.84. The molecule has 1 spiro atoms. The minimum Gasteiger partial charge on any atom is -0.444 e. The highest BCUT2D eigenvalue weighted by atomic mass is 16.6. The molecule has 1 saturated heterocycles. The van der Waals surface area contributed by atoms with Gasteiger partial charge in [-0.05, 0) is 52.2 Å². The molecule has 1 saturated carbocycles. The average Bonchev–Trinajstić information content (AvgIpc) is 2.36. The van der Waals surface area contributed by atoms with E-state index in [1.165, 1.54) is 0 Å². The van der Waals surface area contributed by atoms with Crippen molar-refractivity contribution in [3.63, 3.8) is 0 Å². The first-order chi connectivity index (χ1) is 11.2. The summed E-state index contributed by atoms with van der Waals surface area (Å²) in [7, 11) is 0. The lowest BCUT2D eigenvalue weighted by molar-refractivity contribution is -0.137. The monoisotopic (exact) mass is 330 g/mol. The fourth-order valence-electron chi connectivity index (χ4n) is 3.60. The summed E-state index contributed by atoms with van der Waals surface area (Å²) < 4.78 is 5.38. The first kappa shape index (κ1) is 16.8. The molecule has 1 aromatic rings. The Labute approximate surface area is 143 Å². The van der Waals surface area contributed by atoms with E-state index in [-0.39, 0.29) is 23.3 Å². The van der Waals surface area contributed by atoms with Crippen LogP contribution in [0.3, 0.4) is 0 Å². The molecule has 1 aliphatic heterocycles. The molecule has 0 unspecified atom stereocenters. The summed E-state index contributed by atoms with van der Waals surface area (Å²) in [6, 6.07) is 7.80. The second kappa shape index (κ2) is 5.80. The number of likely N-dealkylation sites (tertiary alicyclic amines) is 1. The molecule has 1 aromatic carbocycles. The molecule has 1 aliphatic carbocycles. The van der Waals surface area contributed by atoms with E-state index in [1.807, 2.05) is 52.0 Å². The summed E-state index contributed by atoms with van der Waals surface area (Å²) in [6.07, 6.45) is 1.45. The zero-order chi connectivity index (χ0) is 17.5. The molecule has 24 heavy (non-hydrogen) atoms. The Kier molecular flexibility index (Phi) is 4.06. The lowest BCUT2D eigenvalue weighted by atomic mass is 9.57. The van der Waals surface area contributed by atoms with E-state index in [0.717, 1.165) is 24.1 Å². The van der Waals surface area contributed by atoms with E-state index in [1.54, 1.807) is 4.90 Å². The quantitative estimate of drug-likeness (QED) is 0.901. The van der Waals surface area contributed by atoms with E-state index in [0.29, 0.717) is 13.1 Å². The zero-order valence-electron chi connectivity index (χ0n) is 14.9. The molecule has 2 aliphatic rings. The number of carbonyl (C=O) groups excluding carboxylic acids is 2. The van der Waals surface area contributed by atoms with Crippen LogP contribution in [0.25, 0.3) is 0 Å². The smallest absolute Gasteiger partial charge is 0.410 e. The third kappa shape index (κ3) is 3.40. The number of para-hydroxylation sites is 1. The van der Waals surface area contributed by atoms with Crippen LogP contribution in [0.4, 0.5) is 10.5 Å². The lowest BCUT2D eigenvalue weighted by Gasteiger charge is -2.58. The van der Waals surface area contributed by atoms with E-state index < -0.39 is 5.60 Å². The topological polar surface area (TPSA) is 58.6 Å². The Morgan fingerprint density at radius 3 is 2.42 bits per heavy atom. The van der Waals surface area contributed by atoms with Crippen LogP contribution in [0.5, 0.6) is 0 Å². The summed E-state index contributed by atoms with van der Waals surface area (Å²) in [6.45, 7) is 9.01. The number of nitrogens with one attached hydrogen (secondary N) is 1. The van der Waals surface area contributed by atoms with Gasteiger partial charge in [0.05, 0.1) is 0 Å². The molecule has 2 amide bonds. The van der Waals surface area contributed by atoms with Crippen molar-refractivity contribution in [2.24, 2.45) is 11.3 Å². The maximum Gasteiger partial charge on any atom is 0.410 e. The van der Waals surface area contributed by atoms with Crippen molar-refractivity contribution in [1.29, 1.82) is 0 Å². The highest BCUT2D eigenvalue weighted by molar-refractivity contribution is 5.94. The fourth-order valence-corrected chi connectivity index (χ4v) is 3.60. The molecule has 0 bridgehead atoms. The predicted molar refractivity (Wildman–Crippen MR) is 92.8 cm³/mol. The van der Waals surface area contributed by atoms with Gasteiger partial charge in [0, 0.05) is 30.1 Å². The number of amides is 2. The molecule has 0 atom stereocenters. The molecule has 1 heterocycles. The molecular weight excluding hydrogens is 304 g/mol. The molecule has 0 radical (unpaired) electrons. The maximum absolute atomic E-state index is 12.4. The number of hydrogen-bond donors (Lipinski definition) is 1. The van der Waals surface area contributed by atoms with Crippen molar-refractivity contribution < 1.29 is 14.3 Å². The maximum atomic E-state index is 12.4. The second-order valence-corrected chi connectivity index (χ2v) is 8.25. The van der Waals surface area contributed by atoms with Crippen molar-refractivity contribution >= 4 is 17.7 Å². The van der Waals surface area contributed by atoms with Gasteiger partial charge in [0.2, 0.25) is 5.91 Å². The summed E-state index contributed by atoms with van der Waals surface area (Å²) in [5.74, 6) is 0.135. The van der Waals surface area contributed by atoms with Crippen molar-refractivity contribution in [3.05, 3.63) is 29.8 Å². The molecule has 5 nitrogen and oxygen atoms in total. The van der Waals surface area contributed by atoms with E-state index in [4.69, 9.17) is 4.74 Å². The Balaban J connectivity index is 1.46. The largest absolute Gasteiger partial charge is 0.444 e. The van der Waals surface area contributed by atoms with Gasteiger partial charge in [-0.2, -0.15) is 0 Å². The Morgan fingerprint density at radius 1 is 1.21 bits per heavy atom. The first-order valence-corrected chi connectivity index (χ1v) is 8.52. The molecule has 5 heteroatoms. The van der Waals surface area contributed by atoms with E-state index in [9.17, 15) is 9.59 Å². The van der Waals surface area contributed by atoms with Crippen LogP contribution in [0, 0.1) is 18.3 Å². The minimum atomic E-state index is -0.463. The number of hydrogen-bond acceptors (Lipinski definition) is 3. The van der Waals surface area contributed by atoms with Crippen LogP contribution in [0.2, 0.25) is 0 Å². The highest BCUT2D eigenvalue weighted by Gasteiger charge is 2.56. The van der Waals surface area contributed by atoms with Crippen LogP contribution in [0.15, 0.2) is 24.3 Å². The van der Waals surface area contributed by atoms with E-state index >= 15 is 0 Å². The number of rotatable bonds is 2. The van der Waals surface area contributed by atoms with E-state index in [2.05, 4.69) is 5.32 Å². The van der Waals surface area contributed by atoms with Gasteiger partial charge < -0.3 is 15.0 Å². The lowest BCUT2D eigenvalue weighted by Crippen LogP contribution is -2.65. The van der Waals surface area contributed by atoms with Gasteiger partial charge in [-0.15, -0.1) is 0 Å². The molecule has 130 valence electrons. The molecular formula is C19H26N2O3. The average molecular weight is 330 g/mol. The van der Waals surface area contributed by atoms with Crippen LogP contribution < -0.4 is 5.32 Å². The Morgan fingerprint density at radius 2 is 1.83 bits per heavy atom. The normalized spacial score (nSPS) is 19.4. The van der Waals surface area contributed by atoms with Gasteiger partial charge in [0.15, 0.2) is 0 Å². The molecule has 1 N–H and O–H groups in total. The summed E-state index contributed by atoms with van der Waals surface area (Å²) in [5, 5.41) is 3.02. The number of carbonyl (C=O) groups is 2. The van der Waals surface area contributed by atoms with Gasteiger partial charge in [0.25, 0.3) is 0 Å². The Bertz CT molecular complexity index is 649. The van der Waals surface area contributed by atoms with Gasteiger partial charge in [-0.25, -0.2) is 4.79 Å². The zero-order valence-corrected chi connectivity index (χ0v) is 14.9. The fraction of sp³-hybridized carbons (Fsp3) is 0.579. The van der Waals surface area contributed by atoms with Crippen molar-refractivity contribution in [2.45, 2.75) is 46.1 Å². The number of ether oxygens (including phenoxy) is 1. The SMILES string of the molecule is Cc1ccccc1NC(=O)C1CC2(C1)CN(C(=O)OC(C)(C)C)C2. The number of nitrogens with zero attached hydrogens (tertiary/aromatic N) is 1. The van der Waals surface area contributed by atoms with Crippen LogP contribution in [0.1, 0.15) is 39.2 Å². The second-order valence-electron chi connectivity index (χ2n) is 8.25. The first-order valence-electron chi connectivity index (χ1n) is 8.52. The van der Waals surface area contributed by atoms with Crippen LogP contribution in [-0.4, -0.2) is 35.6 Å². The third-order valence-corrected chi connectivity index (χ3v) is 4.84. The molecule has 2 fully saturated rings. The number of benzene rings is 1. The predicted octanol–water partition coefficient (Wildman–Crippen LogP) is 3.58. The molecule has 0 aromatic heterocycles. The van der Waals surface area contributed by atoms with Gasteiger partial charge in [-0.3, -0.25) is 4.79 Å². The highest BCUT2D eigenvalue weighted by Crippen LogP contribution is 2.52. The van der Waals surface area contributed by atoms with Crippen molar-refractivity contribution in [2.75, 3.05) is 18.4 Å². The summed E-state index contributed by atoms with van der Waals surface area (Å²) in [5.41, 5.74) is 1.62. The summed E-state index contributed by atoms with van der Waals surface area (Å²) in [4.78, 5) is 26.1. The standard InChI is InChI=1S/C19H26N2O3/c1-13-7-5-6-8-15(13)20-16(22)14-9-19(10-14)11-21(12-19)17(23)24-18(2,3)4/h5-8,14H,9-12H2,1-4H3,(H,20,22). The van der Waals surface area contributed by atoms with Crippen LogP contribution >= 0.6 is 0 Å².